The van der Waals surface area contributed by atoms with Crippen molar-refractivity contribution >= 4 is 27.5 Å². The smallest absolute Gasteiger partial charge is 0.354 e. The quantitative estimate of drug-likeness (QED) is 0.486. The standard InChI is InChI=1S/C25H27F3N6S/c1-23(2,13-29)18-5-3-17(4-6-18)12-33-9-7-24(14-33)8-10-34(15-24)21-20-22(31-16-30-21)35-19(32-20)11-25(26,27)28/h3-6,16H,7-12,14-15H2,1-2H3/t24-/m0/s1. The number of alkyl halides is 3. The minimum atomic E-state index is -4.29. The van der Waals surface area contributed by atoms with E-state index in [-0.39, 0.29) is 10.4 Å². The van der Waals surface area contributed by atoms with Crippen LogP contribution in [0.4, 0.5) is 19.0 Å². The molecule has 0 amide bonds. The van der Waals surface area contributed by atoms with Crippen molar-refractivity contribution in [3.63, 3.8) is 0 Å². The first-order valence-electron chi connectivity index (χ1n) is 11.7. The molecule has 10 heteroatoms. The molecule has 184 valence electrons. The van der Waals surface area contributed by atoms with E-state index in [0.29, 0.717) is 16.2 Å². The van der Waals surface area contributed by atoms with Crippen LogP contribution in [0.1, 0.15) is 42.8 Å². The van der Waals surface area contributed by atoms with E-state index >= 15 is 0 Å². The van der Waals surface area contributed by atoms with Gasteiger partial charge in [-0.05, 0) is 44.4 Å². The van der Waals surface area contributed by atoms with E-state index in [0.717, 1.165) is 62.5 Å². The van der Waals surface area contributed by atoms with Crippen LogP contribution < -0.4 is 4.90 Å². The van der Waals surface area contributed by atoms with Gasteiger partial charge in [0.25, 0.3) is 0 Å². The van der Waals surface area contributed by atoms with Crippen molar-refractivity contribution in [3.05, 3.63) is 46.7 Å². The highest BCUT2D eigenvalue weighted by Crippen LogP contribution is 2.42. The summed E-state index contributed by atoms with van der Waals surface area (Å²) in [6.07, 6.45) is -1.81. The van der Waals surface area contributed by atoms with Gasteiger partial charge in [0.1, 0.15) is 21.7 Å². The summed E-state index contributed by atoms with van der Waals surface area (Å²) in [5.41, 5.74) is 2.37. The van der Waals surface area contributed by atoms with Crippen LogP contribution in [0.2, 0.25) is 0 Å². The molecule has 1 aromatic carbocycles. The van der Waals surface area contributed by atoms with E-state index in [9.17, 15) is 18.4 Å². The molecule has 1 spiro atoms. The number of rotatable bonds is 5. The maximum atomic E-state index is 12.9. The third kappa shape index (κ3) is 4.98. The lowest BCUT2D eigenvalue weighted by molar-refractivity contribution is -0.127. The van der Waals surface area contributed by atoms with Crippen LogP contribution >= 0.6 is 11.3 Å². The van der Waals surface area contributed by atoms with Gasteiger partial charge in [-0.2, -0.15) is 18.4 Å². The Morgan fingerprint density at radius 3 is 2.54 bits per heavy atom. The fraction of sp³-hybridized carbons (Fsp3) is 0.520. The molecule has 2 fully saturated rings. The molecule has 0 unspecified atom stereocenters. The second-order valence-corrected chi connectivity index (χ2v) is 11.4. The van der Waals surface area contributed by atoms with Crippen molar-refractivity contribution in [3.8, 4) is 6.07 Å². The molecule has 0 N–H and O–H groups in total. The highest BCUT2D eigenvalue weighted by atomic mass is 32.1. The van der Waals surface area contributed by atoms with Crippen LogP contribution in [0.5, 0.6) is 0 Å². The number of fused-ring (bicyclic) bond motifs is 1. The van der Waals surface area contributed by atoms with Crippen molar-refractivity contribution < 1.29 is 13.2 Å². The Morgan fingerprint density at radius 2 is 1.83 bits per heavy atom. The van der Waals surface area contributed by atoms with Crippen LogP contribution in [-0.2, 0) is 18.4 Å². The molecule has 2 saturated heterocycles. The summed E-state index contributed by atoms with van der Waals surface area (Å²) in [5.74, 6) is 0.644. The predicted molar refractivity (Wildman–Crippen MR) is 129 cm³/mol. The van der Waals surface area contributed by atoms with Gasteiger partial charge in [-0.3, -0.25) is 4.90 Å². The molecule has 6 nitrogen and oxygen atoms in total. The third-order valence-corrected chi connectivity index (χ3v) is 8.15. The van der Waals surface area contributed by atoms with Gasteiger partial charge in [0.15, 0.2) is 5.82 Å². The maximum Gasteiger partial charge on any atom is 0.395 e. The van der Waals surface area contributed by atoms with E-state index in [4.69, 9.17) is 0 Å². The van der Waals surface area contributed by atoms with E-state index < -0.39 is 18.0 Å². The number of aromatic nitrogens is 3. The molecule has 1 atom stereocenters. The summed E-state index contributed by atoms with van der Waals surface area (Å²) < 4.78 is 38.6. The first-order valence-corrected chi connectivity index (χ1v) is 12.5. The number of thiazole rings is 1. The van der Waals surface area contributed by atoms with Crippen molar-refractivity contribution in [2.24, 2.45) is 5.41 Å². The first kappa shape index (κ1) is 23.9. The van der Waals surface area contributed by atoms with Gasteiger partial charge in [0.2, 0.25) is 0 Å². The summed E-state index contributed by atoms with van der Waals surface area (Å²) >= 11 is 0.991. The highest BCUT2D eigenvalue weighted by Gasteiger charge is 2.44. The fourth-order valence-corrected chi connectivity index (χ4v) is 6.15. The Labute approximate surface area is 206 Å². The summed E-state index contributed by atoms with van der Waals surface area (Å²) in [5, 5.41) is 9.38. The van der Waals surface area contributed by atoms with Crippen molar-refractivity contribution in [2.45, 2.75) is 51.2 Å². The molecule has 2 aromatic heterocycles. The normalized spacial score (nSPS) is 21.3. The summed E-state index contributed by atoms with van der Waals surface area (Å²) in [6.45, 7) is 8.31. The third-order valence-electron chi connectivity index (χ3n) is 7.19. The average molecular weight is 501 g/mol. The fourth-order valence-electron chi connectivity index (χ4n) is 5.23. The lowest BCUT2D eigenvalue weighted by Crippen LogP contribution is -2.31. The molecule has 0 radical (unpaired) electrons. The lowest BCUT2D eigenvalue weighted by atomic mass is 9.86. The minimum absolute atomic E-state index is 0.0272. The summed E-state index contributed by atoms with van der Waals surface area (Å²) in [6, 6.07) is 10.7. The first-order chi connectivity index (χ1) is 16.6. The highest BCUT2D eigenvalue weighted by molar-refractivity contribution is 7.18. The van der Waals surface area contributed by atoms with Gasteiger partial charge in [0, 0.05) is 31.6 Å². The Bertz CT molecular complexity index is 1260. The van der Waals surface area contributed by atoms with Crippen LogP contribution in [0, 0.1) is 16.7 Å². The van der Waals surface area contributed by atoms with E-state index in [1.807, 2.05) is 26.0 Å². The summed E-state index contributed by atoms with van der Waals surface area (Å²) in [7, 11) is 0. The number of hydrogen-bond donors (Lipinski definition) is 0. The second-order valence-electron chi connectivity index (χ2n) is 10.3. The number of nitriles is 1. The zero-order valence-corrected chi connectivity index (χ0v) is 20.6. The molecule has 0 saturated carbocycles. The number of halogens is 3. The SMILES string of the molecule is CC(C)(C#N)c1ccc(CN2CC[C@]3(CCN(c4ncnc5sc(CC(F)(F)F)nc45)C3)C2)cc1. The van der Waals surface area contributed by atoms with Gasteiger partial charge >= 0.3 is 6.18 Å². The Morgan fingerprint density at radius 1 is 1.09 bits per heavy atom. The number of hydrogen-bond acceptors (Lipinski definition) is 7. The molecular formula is C25H27F3N6S. The van der Waals surface area contributed by atoms with Crippen LogP contribution in [0.3, 0.4) is 0 Å². The van der Waals surface area contributed by atoms with Crippen molar-refractivity contribution in [1.29, 1.82) is 5.26 Å². The van der Waals surface area contributed by atoms with Gasteiger partial charge < -0.3 is 4.90 Å². The molecule has 2 aliphatic rings. The van der Waals surface area contributed by atoms with Gasteiger partial charge in [0.05, 0.1) is 17.9 Å². The van der Waals surface area contributed by atoms with Gasteiger partial charge in [-0.15, -0.1) is 0 Å². The van der Waals surface area contributed by atoms with Crippen LogP contribution in [0.15, 0.2) is 30.6 Å². The molecule has 5 rings (SSSR count). The topological polar surface area (TPSA) is 68.9 Å². The summed E-state index contributed by atoms with van der Waals surface area (Å²) in [4.78, 5) is 18.0. The van der Waals surface area contributed by atoms with Gasteiger partial charge in [-0.1, -0.05) is 35.6 Å². The lowest BCUT2D eigenvalue weighted by Gasteiger charge is -2.25. The predicted octanol–water partition coefficient (Wildman–Crippen LogP) is 5.09. The largest absolute Gasteiger partial charge is 0.395 e. The Balaban J connectivity index is 1.26. The molecule has 2 aliphatic heterocycles. The average Bonchev–Trinajstić information content (AvgIpc) is 3.51. The van der Waals surface area contributed by atoms with Crippen molar-refractivity contribution in [2.75, 3.05) is 31.1 Å². The van der Waals surface area contributed by atoms with E-state index in [1.54, 1.807) is 0 Å². The number of likely N-dealkylation sites (tertiary alicyclic amines) is 1. The monoisotopic (exact) mass is 500 g/mol. The van der Waals surface area contributed by atoms with Crippen LogP contribution in [-0.4, -0.2) is 52.2 Å². The van der Waals surface area contributed by atoms with Gasteiger partial charge in [-0.25, -0.2) is 15.0 Å². The van der Waals surface area contributed by atoms with Crippen molar-refractivity contribution in [1.82, 2.24) is 19.9 Å². The Hall–Kier alpha value is -2.77. The second kappa shape index (κ2) is 8.71. The zero-order valence-electron chi connectivity index (χ0n) is 19.8. The number of anilines is 1. The van der Waals surface area contributed by atoms with E-state index in [2.05, 4.69) is 43.0 Å². The van der Waals surface area contributed by atoms with Crippen LogP contribution in [0.25, 0.3) is 10.3 Å². The molecular weight excluding hydrogens is 473 g/mol. The number of benzene rings is 1. The molecule has 3 aromatic rings. The minimum Gasteiger partial charge on any atom is -0.354 e. The Kier molecular flexibility index (Phi) is 5.96. The maximum absolute atomic E-state index is 12.9. The molecule has 4 heterocycles. The molecule has 0 aliphatic carbocycles. The number of nitrogens with zero attached hydrogens (tertiary/aromatic N) is 6. The molecule has 0 bridgehead atoms. The zero-order chi connectivity index (χ0) is 24.8. The van der Waals surface area contributed by atoms with E-state index in [1.165, 1.54) is 11.9 Å². The molecule has 35 heavy (non-hydrogen) atoms.